The normalized spacial score (nSPS) is 11.6. The first kappa shape index (κ1) is 16.3. The largest absolute Gasteiger partial charge is 0.491 e. The fourth-order valence-corrected chi connectivity index (χ4v) is 1.80. The molecule has 0 aliphatic heterocycles. The Morgan fingerprint density at radius 3 is 3.00 bits per heavy atom. The lowest BCUT2D eigenvalue weighted by atomic mass is 10.1. The van der Waals surface area contributed by atoms with Crippen LogP contribution in [0.25, 0.3) is 0 Å². The third-order valence-corrected chi connectivity index (χ3v) is 2.82. The molecule has 3 heteroatoms. The van der Waals surface area contributed by atoms with Gasteiger partial charge in [-0.25, -0.2) is 0 Å². The summed E-state index contributed by atoms with van der Waals surface area (Å²) in [7, 11) is 0. The maximum Gasteiger partial charge on any atom is 0.122 e. The van der Waals surface area contributed by atoms with E-state index in [-0.39, 0.29) is 6.61 Å². The number of terminal acetylenes is 1. The van der Waals surface area contributed by atoms with Gasteiger partial charge in [0.2, 0.25) is 0 Å². The van der Waals surface area contributed by atoms with Crippen LogP contribution >= 0.6 is 0 Å². The number of hydrogen-bond acceptors (Lipinski definition) is 3. The second kappa shape index (κ2) is 10.1. The number of nitrogens with one attached hydrogen (secondary N) is 1. The minimum atomic E-state index is -0.530. The highest BCUT2D eigenvalue weighted by atomic mass is 16.5. The average molecular weight is 273 g/mol. The van der Waals surface area contributed by atoms with E-state index in [2.05, 4.69) is 17.8 Å². The summed E-state index contributed by atoms with van der Waals surface area (Å²) in [6.07, 6.45) is 8.92. The van der Waals surface area contributed by atoms with E-state index in [0.29, 0.717) is 6.54 Å². The number of aliphatic hydroxyl groups excluding tert-OH is 1. The molecular formula is C17H23NO2. The molecule has 3 nitrogen and oxygen atoms in total. The predicted octanol–water partition coefficient (Wildman–Crippen LogP) is 2.16. The van der Waals surface area contributed by atoms with Crippen molar-refractivity contribution in [3.8, 4) is 18.1 Å². The van der Waals surface area contributed by atoms with Crippen molar-refractivity contribution < 1.29 is 9.84 Å². The first-order valence-corrected chi connectivity index (χ1v) is 6.91. The minimum Gasteiger partial charge on any atom is -0.491 e. The zero-order chi connectivity index (χ0) is 14.6. The summed E-state index contributed by atoms with van der Waals surface area (Å²) in [4.78, 5) is 0. The van der Waals surface area contributed by atoms with Crippen molar-refractivity contribution in [2.75, 3.05) is 19.7 Å². The van der Waals surface area contributed by atoms with E-state index < -0.39 is 6.10 Å². The van der Waals surface area contributed by atoms with E-state index >= 15 is 0 Å². The van der Waals surface area contributed by atoms with E-state index in [4.69, 9.17) is 11.2 Å². The first-order valence-electron chi connectivity index (χ1n) is 6.91. The zero-order valence-electron chi connectivity index (χ0n) is 11.8. The molecule has 0 fully saturated rings. The Bertz CT molecular complexity index is 437. The molecule has 0 radical (unpaired) electrons. The Balaban J connectivity index is 2.28. The van der Waals surface area contributed by atoms with Gasteiger partial charge in [0, 0.05) is 13.0 Å². The zero-order valence-corrected chi connectivity index (χ0v) is 11.8. The molecule has 0 spiro atoms. The van der Waals surface area contributed by atoms with E-state index in [1.54, 1.807) is 0 Å². The van der Waals surface area contributed by atoms with Gasteiger partial charge >= 0.3 is 0 Å². The van der Waals surface area contributed by atoms with Gasteiger partial charge in [0.25, 0.3) is 0 Å². The fraction of sp³-hybridized carbons (Fsp3) is 0.412. The summed E-state index contributed by atoms with van der Waals surface area (Å²) in [5, 5.41) is 13.0. The predicted molar refractivity (Wildman–Crippen MR) is 82.8 cm³/mol. The lowest BCUT2D eigenvalue weighted by molar-refractivity contribution is 0.106. The monoisotopic (exact) mass is 273 g/mol. The molecule has 1 rings (SSSR count). The summed E-state index contributed by atoms with van der Waals surface area (Å²) in [5.74, 6) is 3.39. The van der Waals surface area contributed by atoms with Gasteiger partial charge in [-0.3, -0.25) is 0 Å². The van der Waals surface area contributed by atoms with Gasteiger partial charge in [0.1, 0.15) is 18.5 Å². The maximum absolute atomic E-state index is 9.84. The highest BCUT2D eigenvalue weighted by molar-refractivity contribution is 5.34. The molecule has 0 unspecified atom stereocenters. The molecule has 1 atom stereocenters. The molecule has 108 valence electrons. The number of benzene rings is 1. The molecule has 2 N–H and O–H groups in total. The lowest BCUT2D eigenvalue weighted by Gasteiger charge is -2.15. The molecule has 0 amide bonds. The lowest BCUT2D eigenvalue weighted by Crippen LogP contribution is -2.32. The standard InChI is InChI=1S/C17H23NO2/c1-3-5-8-12-18-13-16(19)14-20-17-11-7-6-10-15(17)9-4-2/h1,4,6-7,10-11,16,18-19H,2,5,8-9,12-14H2/t16-/m0/s1. The third kappa shape index (κ3) is 6.42. The van der Waals surface area contributed by atoms with Crippen molar-refractivity contribution in [2.45, 2.75) is 25.4 Å². The Hall–Kier alpha value is -1.76. The van der Waals surface area contributed by atoms with Crippen LogP contribution in [0.1, 0.15) is 18.4 Å². The van der Waals surface area contributed by atoms with Gasteiger partial charge in [-0.2, -0.15) is 0 Å². The van der Waals surface area contributed by atoms with Crippen LogP contribution in [0.5, 0.6) is 5.75 Å². The Morgan fingerprint density at radius 1 is 1.45 bits per heavy atom. The van der Waals surface area contributed by atoms with Crippen molar-refractivity contribution in [1.29, 1.82) is 0 Å². The molecule has 0 aliphatic carbocycles. The van der Waals surface area contributed by atoms with Crippen LogP contribution < -0.4 is 10.1 Å². The molecule has 20 heavy (non-hydrogen) atoms. The molecule has 1 aromatic rings. The second-order valence-electron chi connectivity index (χ2n) is 4.58. The minimum absolute atomic E-state index is 0.274. The van der Waals surface area contributed by atoms with Gasteiger partial charge in [-0.1, -0.05) is 24.3 Å². The van der Waals surface area contributed by atoms with Crippen molar-refractivity contribution in [1.82, 2.24) is 5.32 Å². The van der Waals surface area contributed by atoms with Crippen LogP contribution in [0.15, 0.2) is 36.9 Å². The molecule has 0 aromatic heterocycles. The average Bonchev–Trinajstić information content (AvgIpc) is 2.46. The summed E-state index contributed by atoms with van der Waals surface area (Å²) >= 11 is 0. The van der Waals surface area contributed by atoms with E-state index in [1.807, 2.05) is 30.3 Å². The van der Waals surface area contributed by atoms with Crippen LogP contribution in [-0.4, -0.2) is 30.9 Å². The summed E-state index contributed by atoms with van der Waals surface area (Å²) in [6, 6.07) is 7.80. The molecule has 0 heterocycles. The van der Waals surface area contributed by atoms with Crippen molar-refractivity contribution >= 4 is 0 Å². The van der Waals surface area contributed by atoms with Crippen LogP contribution in [-0.2, 0) is 6.42 Å². The Labute approximate surface area is 121 Å². The smallest absolute Gasteiger partial charge is 0.122 e. The van der Waals surface area contributed by atoms with Crippen LogP contribution in [0.4, 0.5) is 0 Å². The molecular weight excluding hydrogens is 250 g/mol. The highest BCUT2D eigenvalue weighted by Gasteiger charge is 2.06. The SMILES string of the molecule is C#CCCCNC[C@H](O)COc1ccccc1CC=C. The van der Waals surface area contributed by atoms with E-state index in [9.17, 15) is 5.11 Å². The van der Waals surface area contributed by atoms with E-state index in [1.165, 1.54) is 0 Å². The van der Waals surface area contributed by atoms with Crippen molar-refractivity contribution in [2.24, 2.45) is 0 Å². The number of ether oxygens (including phenoxy) is 1. The number of unbranched alkanes of at least 4 members (excludes halogenated alkanes) is 1. The number of aliphatic hydroxyl groups is 1. The third-order valence-electron chi connectivity index (χ3n) is 2.82. The van der Waals surface area contributed by atoms with Gasteiger partial charge in [0.05, 0.1) is 0 Å². The summed E-state index contributed by atoms with van der Waals surface area (Å²) in [6.45, 7) is 5.32. The van der Waals surface area contributed by atoms with Gasteiger partial charge < -0.3 is 15.2 Å². The molecule has 0 bridgehead atoms. The Kier molecular flexibility index (Phi) is 8.21. The number of para-hydroxylation sites is 1. The first-order chi connectivity index (χ1) is 9.77. The number of hydrogen-bond donors (Lipinski definition) is 2. The van der Waals surface area contributed by atoms with E-state index in [0.717, 1.165) is 37.1 Å². The van der Waals surface area contributed by atoms with Crippen molar-refractivity contribution in [3.05, 3.63) is 42.5 Å². The van der Waals surface area contributed by atoms with Crippen LogP contribution in [0.2, 0.25) is 0 Å². The van der Waals surface area contributed by atoms with Crippen LogP contribution in [0, 0.1) is 12.3 Å². The van der Waals surface area contributed by atoms with Gasteiger partial charge in [-0.05, 0) is 31.0 Å². The summed E-state index contributed by atoms with van der Waals surface area (Å²) in [5.41, 5.74) is 1.08. The number of allylic oxidation sites excluding steroid dienone is 1. The second-order valence-corrected chi connectivity index (χ2v) is 4.58. The van der Waals surface area contributed by atoms with Gasteiger partial charge in [0.15, 0.2) is 0 Å². The molecule has 1 aromatic carbocycles. The topological polar surface area (TPSA) is 41.5 Å². The fourth-order valence-electron chi connectivity index (χ4n) is 1.80. The van der Waals surface area contributed by atoms with Crippen molar-refractivity contribution in [3.63, 3.8) is 0 Å². The van der Waals surface area contributed by atoms with Crippen LogP contribution in [0.3, 0.4) is 0 Å². The Morgan fingerprint density at radius 2 is 2.25 bits per heavy atom. The molecule has 0 saturated carbocycles. The maximum atomic E-state index is 9.84. The number of rotatable bonds is 10. The molecule has 0 aliphatic rings. The highest BCUT2D eigenvalue weighted by Crippen LogP contribution is 2.18. The quantitative estimate of drug-likeness (QED) is 0.390. The molecule has 0 saturated heterocycles. The summed E-state index contributed by atoms with van der Waals surface area (Å²) < 4.78 is 5.66. The van der Waals surface area contributed by atoms with Gasteiger partial charge in [-0.15, -0.1) is 18.9 Å².